The molecule has 1 aromatic carbocycles. The Morgan fingerprint density at radius 1 is 1.19 bits per heavy atom. The van der Waals surface area contributed by atoms with Crippen molar-refractivity contribution >= 4 is 44.1 Å². The van der Waals surface area contributed by atoms with E-state index in [9.17, 15) is 9.59 Å². The van der Waals surface area contributed by atoms with E-state index in [0.717, 1.165) is 29.7 Å². The van der Waals surface area contributed by atoms with Crippen LogP contribution in [0.25, 0.3) is 0 Å². The van der Waals surface area contributed by atoms with E-state index in [1.807, 2.05) is 0 Å². The fourth-order valence-electron chi connectivity index (χ4n) is 3.71. The van der Waals surface area contributed by atoms with E-state index in [1.165, 1.54) is 32.7 Å². The number of amides is 1. The number of nitrogens with one attached hydrogen (secondary N) is 1. The minimum Gasteiger partial charge on any atom is -0.493 e. The van der Waals surface area contributed by atoms with Gasteiger partial charge in [0.05, 0.1) is 43.5 Å². The molecular weight excluding hydrogens is 486 g/mol. The van der Waals surface area contributed by atoms with Gasteiger partial charge in [0, 0.05) is 4.88 Å². The SMILES string of the molecule is CCOC(=O)c1c(NC(=O)c2cc(OC)c(OC)c(OC)c2Br)sc2c1CC[C@H](C)C2. The van der Waals surface area contributed by atoms with Gasteiger partial charge in [-0.3, -0.25) is 4.79 Å². The highest BCUT2D eigenvalue weighted by molar-refractivity contribution is 9.10. The molecule has 0 spiro atoms. The predicted molar refractivity (Wildman–Crippen MR) is 123 cm³/mol. The molecule has 3 rings (SSSR count). The molecule has 0 fully saturated rings. The lowest BCUT2D eigenvalue weighted by atomic mass is 9.88. The number of ether oxygens (including phenoxy) is 4. The number of carbonyl (C=O) groups excluding carboxylic acids is 2. The molecule has 168 valence electrons. The minimum atomic E-state index is -0.409. The smallest absolute Gasteiger partial charge is 0.341 e. The second kappa shape index (κ2) is 9.91. The van der Waals surface area contributed by atoms with Crippen molar-refractivity contribution < 1.29 is 28.5 Å². The topological polar surface area (TPSA) is 83.1 Å². The first-order chi connectivity index (χ1) is 14.9. The normalized spacial score (nSPS) is 15.1. The van der Waals surface area contributed by atoms with Crippen molar-refractivity contribution in [2.24, 2.45) is 5.92 Å². The van der Waals surface area contributed by atoms with E-state index in [0.29, 0.717) is 43.8 Å². The summed E-state index contributed by atoms with van der Waals surface area (Å²) in [5.41, 5.74) is 1.75. The average Bonchev–Trinajstić information content (AvgIpc) is 3.09. The van der Waals surface area contributed by atoms with E-state index in [2.05, 4.69) is 28.2 Å². The summed E-state index contributed by atoms with van der Waals surface area (Å²) in [4.78, 5) is 27.1. The summed E-state index contributed by atoms with van der Waals surface area (Å²) in [6.45, 7) is 4.23. The first kappa shape index (κ1) is 23.4. The summed E-state index contributed by atoms with van der Waals surface area (Å²) < 4.78 is 21.9. The molecule has 9 heteroatoms. The predicted octanol–water partition coefficient (Wildman–Crippen LogP) is 5.09. The van der Waals surface area contributed by atoms with Gasteiger partial charge in [-0.2, -0.15) is 0 Å². The molecule has 1 heterocycles. The van der Waals surface area contributed by atoms with Gasteiger partial charge in [-0.15, -0.1) is 11.3 Å². The summed E-state index contributed by atoms with van der Waals surface area (Å²) in [6.07, 6.45) is 2.68. The molecule has 0 bridgehead atoms. The summed E-state index contributed by atoms with van der Waals surface area (Å²) in [7, 11) is 4.46. The molecule has 1 aliphatic carbocycles. The molecule has 0 saturated carbocycles. The van der Waals surface area contributed by atoms with E-state index < -0.39 is 11.9 Å². The van der Waals surface area contributed by atoms with Crippen LogP contribution in [-0.2, 0) is 17.6 Å². The van der Waals surface area contributed by atoms with Gasteiger partial charge < -0.3 is 24.3 Å². The van der Waals surface area contributed by atoms with Gasteiger partial charge >= 0.3 is 5.97 Å². The molecular formula is C22H26BrNO6S. The molecule has 1 aromatic heterocycles. The van der Waals surface area contributed by atoms with E-state index in [4.69, 9.17) is 18.9 Å². The average molecular weight is 512 g/mol. The number of hydrogen-bond acceptors (Lipinski definition) is 7. The Hall–Kier alpha value is -2.26. The number of esters is 1. The lowest BCUT2D eigenvalue weighted by molar-refractivity contribution is 0.0526. The van der Waals surface area contributed by atoms with Crippen LogP contribution in [0, 0.1) is 5.92 Å². The Kier molecular flexibility index (Phi) is 7.48. The van der Waals surface area contributed by atoms with Gasteiger partial charge in [0.15, 0.2) is 11.5 Å². The Labute approximate surface area is 194 Å². The molecule has 1 aliphatic rings. The number of halogens is 1. The van der Waals surface area contributed by atoms with Gasteiger partial charge in [0.1, 0.15) is 5.00 Å². The molecule has 0 saturated heterocycles. The largest absolute Gasteiger partial charge is 0.493 e. The third-order valence-electron chi connectivity index (χ3n) is 5.23. The lowest BCUT2D eigenvalue weighted by Gasteiger charge is -2.18. The Bertz CT molecular complexity index is 1000. The van der Waals surface area contributed by atoms with E-state index in [-0.39, 0.29) is 6.61 Å². The third-order valence-corrected chi connectivity index (χ3v) is 7.19. The molecule has 0 unspecified atom stereocenters. The van der Waals surface area contributed by atoms with Gasteiger partial charge in [0.25, 0.3) is 5.91 Å². The molecule has 31 heavy (non-hydrogen) atoms. The number of hydrogen-bond donors (Lipinski definition) is 1. The van der Waals surface area contributed by atoms with E-state index in [1.54, 1.807) is 13.0 Å². The van der Waals surface area contributed by atoms with Gasteiger partial charge in [0.2, 0.25) is 5.75 Å². The first-order valence-electron chi connectivity index (χ1n) is 9.97. The highest BCUT2D eigenvalue weighted by Gasteiger charge is 2.30. The number of fused-ring (bicyclic) bond motifs is 1. The summed E-state index contributed by atoms with van der Waals surface area (Å²) >= 11 is 4.88. The molecule has 0 radical (unpaired) electrons. The van der Waals surface area contributed by atoms with Crippen LogP contribution in [0.1, 0.15) is 51.4 Å². The van der Waals surface area contributed by atoms with Crippen molar-refractivity contribution in [2.45, 2.75) is 33.1 Å². The first-order valence-corrected chi connectivity index (χ1v) is 11.6. The van der Waals surface area contributed by atoms with Crippen LogP contribution in [0.2, 0.25) is 0 Å². The van der Waals surface area contributed by atoms with Crippen LogP contribution in [0.5, 0.6) is 17.2 Å². The Balaban J connectivity index is 2.03. The zero-order chi connectivity index (χ0) is 22.7. The summed E-state index contributed by atoms with van der Waals surface area (Å²) in [5.74, 6) is 0.807. The maximum Gasteiger partial charge on any atom is 0.341 e. The number of rotatable bonds is 7. The van der Waals surface area contributed by atoms with Crippen molar-refractivity contribution in [3.05, 3.63) is 32.1 Å². The fourth-order valence-corrected chi connectivity index (χ4v) is 5.75. The van der Waals surface area contributed by atoms with Crippen LogP contribution in [0.15, 0.2) is 10.5 Å². The van der Waals surface area contributed by atoms with Crippen molar-refractivity contribution in [3.63, 3.8) is 0 Å². The van der Waals surface area contributed by atoms with Crippen molar-refractivity contribution in [2.75, 3.05) is 33.3 Å². The highest BCUT2D eigenvalue weighted by atomic mass is 79.9. The van der Waals surface area contributed by atoms with Crippen LogP contribution >= 0.6 is 27.3 Å². The summed E-state index contributed by atoms with van der Waals surface area (Å²) in [6, 6.07) is 1.57. The molecule has 1 atom stereocenters. The highest BCUT2D eigenvalue weighted by Crippen LogP contribution is 2.45. The zero-order valence-corrected chi connectivity index (χ0v) is 20.6. The van der Waals surface area contributed by atoms with Gasteiger partial charge in [-0.05, 0) is 59.7 Å². The van der Waals surface area contributed by atoms with Gasteiger partial charge in [-0.1, -0.05) is 6.92 Å². The Morgan fingerprint density at radius 2 is 1.90 bits per heavy atom. The lowest BCUT2D eigenvalue weighted by Crippen LogP contribution is -2.17. The zero-order valence-electron chi connectivity index (χ0n) is 18.2. The Morgan fingerprint density at radius 3 is 2.52 bits per heavy atom. The number of benzene rings is 1. The molecule has 1 N–H and O–H groups in total. The maximum absolute atomic E-state index is 13.2. The monoisotopic (exact) mass is 511 g/mol. The van der Waals surface area contributed by atoms with Crippen molar-refractivity contribution in [1.29, 1.82) is 0 Å². The number of anilines is 1. The van der Waals surface area contributed by atoms with Crippen LogP contribution in [-0.4, -0.2) is 39.8 Å². The third kappa shape index (κ3) is 4.52. The second-order valence-corrected chi connectivity index (χ2v) is 9.14. The quantitative estimate of drug-likeness (QED) is 0.521. The van der Waals surface area contributed by atoms with Gasteiger partial charge in [-0.25, -0.2) is 4.79 Å². The fraction of sp³-hybridized carbons (Fsp3) is 0.455. The van der Waals surface area contributed by atoms with Crippen molar-refractivity contribution in [3.8, 4) is 17.2 Å². The molecule has 2 aromatic rings. The van der Waals surface area contributed by atoms with Crippen LogP contribution < -0.4 is 19.5 Å². The minimum absolute atomic E-state index is 0.270. The van der Waals surface area contributed by atoms with Crippen molar-refractivity contribution in [1.82, 2.24) is 0 Å². The number of methoxy groups -OCH3 is 3. The number of carbonyl (C=O) groups is 2. The van der Waals surface area contributed by atoms with Crippen LogP contribution in [0.3, 0.4) is 0 Å². The second-order valence-electron chi connectivity index (χ2n) is 7.24. The molecule has 7 nitrogen and oxygen atoms in total. The standard InChI is InChI=1S/C22H26BrNO6S/c1-6-30-22(26)16-12-8-7-11(2)9-15(12)31-21(16)24-20(25)13-10-14(27-3)18(28-4)19(29-5)17(13)23/h10-11H,6-9H2,1-5H3,(H,24,25)/t11-/m0/s1. The van der Waals surface area contributed by atoms with E-state index >= 15 is 0 Å². The summed E-state index contributed by atoms with van der Waals surface area (Å²) in [5, 5.41) is 3.42. The van der Waals surface area contributed by atoms with Crippen LogP contribution in [0.4, 0.5) is 5.00 Å². The molecule has 0 aliphatic heterocycles. The number of thiophene rings is 1. The molecule has 1 amide bonds. The maximum atomic E-state index is 13.2.